The average Bonchev–Trinajstić information content (AvgIpc) is 3.47. The first kappa shape index (κ1) is 22.9. The van der Waals surface area contributed by atoms with E-state index < -0.39 is 22.9 Å². The van der Waals surface area contributed by atoms with Crippen LogP contribution in [-0.4, -0.2) is 31.4 Å². The molecule has 180 valence electrons. The SMILES string of the molecule is COc1cc(/C=C/c2nnc3n2CCC[C@@]3(C)c2cc(F)c(F)c(F)c2)ccc1-n1cnc(C)c1. The summed E-state index contributed by atoms with van der Waals surface area (Å²) in [5.41, 5.74) is 2.24. The van der Waals surface area contributed by atoms with Crippen molar-refractivity contribution in [2.24, 2.45) is 0 Å². The van der Waals surface area contributed by atoms with Crippen molar-refractivity contribution in [2.45, 2.75) is 38.6 Å². The Kier molecular flexibility index (Phi) is 5.70. The Balaban J connectivity index is 1.47. The number of halogens is 3. The molecule has 0 saturated heterocycles. The molecule has 0 spiro atoms. The third kappa shape index (κ3) is 4.00. The van der Waals surface area contributed by atoms with Crippen molar-refractivity contribution in [3.63, 3.8) is 0 Å². The molecule has 5 rings (SSSR count). The number of rotatable bonds is 5. The Morgan fingerprint density at radius 2 is 1.83 bits per heavy atom. The molecular formula is C26H24F3N5O. The molecule has 9 heteroatoms. The molecule has 1 aliphatic rings. The van der Waals surface area contributed by atoms with E-state index in [4.69, 9.17) is 4.74 Å². The number of aromatic nitrogens is 5. The first-order valence-electron chi connectivity index (χ1n) is 11.3. The number of ether oxygens (including phenoxy) is 1. The molecule has 0 fully saturated rings. The normalized spacial score (nSPS) is 17.7. The van der Waals surface area contributed by atoms with Crippen LogP contribution in [0.25, 0.3) is 17.8 Å². The third-order valence-electron chi connectivity index (χ3n) is 6.57. The number of hydrogen-bond donors (Lipinski definition) is 0. The van der Waals surface area contributed by atoms with Crippen molar-refractivity contribution < 1.29 is 17.9 Å². The lowest BCUT2D eigenvalue weighted by atomic mass is 9.76. The predicted octanol–water partition coefficient (Wildman–Crippen LogP) is 5.47. The molecule has 0 radical (unpaired) electrons. The van der Waals surface area contributed by atoms with E-state index in [0.717, 1.165) is 35.5 Å². The van der Waals surface area contributed by atoms with Crippen LogP contribution in [-0.2, 0) is 12.0 Å². The summed E-state index contributed by atoms with van der Waals surface area (Å²) in [5, 5.41) is 8.69. The first-order valence-corrected chi connectivity index (χ1v) is 11.3. The largest absolute Gasteiger partial charge is 0.495 e. The molecule has 35 heavy (non-hydrogen) atoms. The zero-order valence-electron chi connectivity index (χ0n) is 19.6. The van der Waals surface area contributed by atoms with Gasteiger partial charge in [-0.25, -0.2) is 18.2 Å². The number of benzene rings is 2. The molecule has 0 bridgehead atoms. The second-order valence-electron chi connectivity index (χ2n) is 8.91. The van der Waals surface area contributed by atoms with Gasteiger partial charge in [-0.15, -0.1) is 10.2 Å². The second-order valence-corrected chi connectivity index (χ2v) is 8.91. The minimum atomic E-state index is -1.47. The lowest BCUT2D eigenvalue weighted by Crippen LogP contribution is -2.33. The average molecular weight is 480 g/mol. The molecule has 1 atom stereocenters. The van der Waals surface area contributed by atoms with Crippen LogP contribution in [0.2, 0.25) is 0 Å². The molecule has 3 heterocycles. The van der Waals surface area contributed by atoms with Gasteiger partial charge >= 0.3 is 0 Å². The Labute approximate surface area is 200 Å². The van der Waals surface area contributed by atoms with Crippen LogP contribution in [0.15, 0.2) is 42.9 Å². The number of fused-ring (bicyclic) bond motifs is 1. The van der Waals surface area contributed by atoms with Crippen molar-refractivity contribution in [3.05, 3.63) is 88.8 Å². The van der Waals surface area contributed by atoms with Gasteiger partial charge < -0.3 is 13.9 Å². The maximum atomic E-state index is 14.0. The van der Waals surface area contributed by atoms with E-state index >= 15 is 0 Å². The van der Waals surface area contributed by atoms with Crippen molar-refractivity contribution >= 4 is 12.2 Å². The molecule has 1 aliphatic heterocycles. The fraction of sp³-hybridized carbons (Fsp3) is 0.269. The summed E-state index contributed by atoms with van der Waals surface area (Å²) < 4.78 is 50.9. The fourth-order valence-electron chi connectivity index (χ4n) is 4.65. The molecule has 0 saturated carbocycles. The van der Waals surface area contributed by atoms with Gasteiger partial charge in [0.1, 0.15) is 11.6 Å². The van der Waals surface area contributed by atoms with E-state index in [1.54, 1.807) is 13.4 Å². The maximum Gasteiger partial charge on any atom is 0.194 e. The van der Waals surface area contributed by atoms with Crippen LogP contribution >= 0.6 is 0 Å². The van der Waals surface area contributed by atoms with E-state index in [1.165, 1.54) is 0 Å². The van der Waals surface area contributed by atoms with Gasteiger partial charge in [0.25, 0.3) is 0 Å². The van der Waals surface area contributed by atoms with Crippen LogP contribution in [0, 0.1) is 24.4 Å². The Bertz CT molecular complexity index is 1420. The Morgan fingerprint density at radius 1 is 1.06 bits per heavy atom. The van der Waals surface area contributed by atoms with Gasteiger partial charge in [0.15, 0.2) is 23.3 Å². The molecule has 6 nitrogen and oxygen atoms in total. The third-order valence-corrected chi connectivity index (χ3v) is 6.57. The molecule has 4 aromatic rings. The summed E-state index contributed by atoms with van der Waals surface area (Å²) in [6.07, 6.45) is 8.80. The van der Waals surface area contributed by atoms with Gasteiger partial charge in [-0.1, -0.05) is 12.1 Å². The summed E-state index contributed by atoms with van der Waals surface area (Å²) in [6.45, 7) is 4.45. The molecule has 2 aromatic carbocycles. The van der Waals surface area contributed by atoms with Gasteiger partial charge in [-0.05, 0) is 68.2 Å². The zero-order valence-corrected chi connectivity index (χ0v) is 19.6. The van der Waals surface area contributed by atoms with E-state index in [-0.39, 0.29) is 0 Å². The Morgan fingerprint density at radius 3 is 2.51 bits per heavy atom. The monoisotopic (exact) mass is 479 g/mol. The molecular weight excluding hydrogens is 455 g/mol. The molecule has 0 aliphatic carbocycles. The highest BCUT2D eigenvalue weighted by atomic mass is 19.2. The van der Waals surface area contributed by atoms with Crippen molar-refractivity contribution in [3.8, 4) is 11.4 Å². The van der Waals surface area contributed by atoms with E-state index in [9.17, 15) is 13.2 Å². The Hall–Kier alpha value is -3.88. The summed E-state index contributed by atoms with van der Waals surface area (Å²) in [6, 6.07) is 7.93. The number of hydrogen-bond acceptors (Lipinski definition) is 4. The van der Waals surface area contributed by atoms with Gasteiger partial charge in [-0.3, -0.25) is 0 Å². The van der Waals surface area contributed by atoms with Crippen LogP contribution in [0.1, 0.15) is 48.2 Å². The molecule has 0 amide bonds. The minimum Gasteiger partial charge on any atom is -0.495 e. The predicted molar refractivity (Wildman–Crippen MR) is 126 cm³/mol. The van der Waals surface area contributed by atoms with Crippen molar-refractivity contribution in [1.29, 1.82) is 0 Å². The number of methoxy groups -OCH3 is 1. The van der Waals surface area contributed by atoms with E-state index in [2.05, 4.69) is 15.2 Å². The molecule has 2 aromatic heterocycles. The van der Waals surface area contributed by atoms with Gasteiger partial charge in [0, 0.05) is 12.7 Å². The van der Waals surface area contributed by atoms with Crippen LogP contribution in [0.4, 0.5) is 13.2 Å². The summed E-state index contributed by atoms with van der Waals surface area (Å²) in [4.78, 5) is 4.26. The highest BCUT2D eigenvalue weighted by Crippen LogP contribution is 2.40. The van der Waals surface area contributed by atoms with Crippen molar-refractivity contribution in [2.75, 3.05) is 7.11 Å². The highest BCUT2D eigenvalue weighted by Gasteiger charge is 2.38. The maximum absolute atomic E-state index is 14.0. The fourth-order valence-corrected chi connectivity index (χ4v) is 4.65. The first-order chi connectivity index (χ1) is 16.8. The summed E-state index contributed by atoms with van der Waals surface area (Å²) in [7, 11) is 1.62. The topological polar surface area (TPSA) is 57.8 Å². The van der Waals surface area contributed by atoms with Gasteiger partial charge in [-0.2, -0.15) is 0 Å². The minimum absolute atomic E-state index is 0.341. The zero-order chi connectivity index (χ0) is 24.7. The smallest absolute Gasteiger partial charge is 0.194 e. The molecule has 0 unspecified atom stereocenters. The van der Waals surface area contributed by atoms with E-state index in [0.29, 0.717) is 35.9 Å². The lowest BCUT2D eigenvalue weighted by Gasteiger charge is -2.34. The second kappa shape index (κ2) is 8.72. The van der Waals surface area contributed by atoms with Gasteiger partial charge in [0.05, 0.1) is 30.2 Å². The quantitative estimate of drug-likeness (QED) is 0.356. The number of aryl methyl sites for hydroxylation is 1. The number of nitrogens with zero attached hydrogens (tertiary/aromatic N) is 5. The number of imidazole rings is 1. The van der Waals surface area contributed by atoms with E-state index in [1.807, 2.05) is 59.5 Å². The standard InChI is InChI=1S/C26H24F3N5O/c1-16-14-33(15-30-16)21-7-5-17(11-22(21)35-3)6-8-23-31-32-25-26(2,9-4-10-34(23)25)18-12-19(27)24(29)20(28)13-18/h5-8,11-15H,4,9-10H2,1-3H3/b8-6+/t26-/m0/s1. The van der Waals surface area contributed by atoms with Gasteiger partial charge in [0.2, 0.25) is 0 Å². The van der Waals surface area contributed by atoms with Crippen LogP contribution < -0.4 is 4.74 Å². The van der Waals surface area contributed by atoms with Crippen LogP contribution in [0.3, 0.4) is 0 Å². The highest BCUT2D eigenvalue weighted by molar-refractivity contribution is 5.69. The van der Waals surface area contributed by atoms with Crippen molar-refractivity contribution in [1.82, 2.24) is 24.3 Å². The summed E-state index contributed by atoms with van der Waals surface area (Å²) in [5.74, 6) is -1.97. The lowest BCUT2D eigenvalue weighted by molar-refractivity contribution is 0.368. The molecule has 0 N–H and O–H groups in total. The summed E-state index contributed by atoms with van der Waals surface area (Å²) >= 11 is 0. The van der Waals surface area contributed by atoms with Crippen LogP contribution in [0.5, 0.6) is 5.75 Å².